The summed E-state index contributed by atoms with van der Waals surface area (Å²) in [5, 5.41) is 13.5. The van der Waals surface area contributed by atoms with Crippen LogP contribution in [0.1, 0.15) is 56.8 Å². The second kappa shape index (κ2) is 25.0. The molecule has 2 aliphatic heterocycles. The molecule has 0 bridgehead atoms. The molecule has 10 rings (SSSR count). The van der Waals surface area contributed by atoms with Crippen molar-refractivity contribution in [3.63, 3.8) is 0 Å². The molecule has 3 amide bonds. The second-order valence-corrected chi connectivity index (χ2v) is 20.9. The lowest BCUT2D eigenvalue weighted by Crippen LogP contribution is -2.71. The van der Waals surface area contributed by atoms with Crippen LogP contribution in [0.3, 0.4) is 0 Å². The van der Waals surface area contributed by atoms with Gasteiger partial charge in [0.15, 0.2) is 23.1 Å². The molecular formula is C62H50N6O8S3. The minimum atomic E-state index is -1.17. The third-order valence-electron chi connectivity index (χ3n) is 13.0. The summed E-state index contributed by atoms with van der Waals surface area (Å²) in [6.07, 6.45) is -0.453. The first-order valence-corrected chi connectivity index (χ1v) is 27.8. The van der Waals surface area contributed by atoms with Crippen molar-refractivity contribution in [1.82, 2.24) is 15.2 Å². The lowest BCUT2D eigenvalue weighted by molar-refractivity contribution is -0.154. The number of nitrogens with one attached hydrogen (secondary N) is 2. The van der Waals surface area contributed by atoms with Gasteiger partial charge in [-0.2, -0.15) is 0 Å². The zero-order valence-electron chi connectivity index (χ0n) is 42.1. The summed E-state index contributed by atoms with van der Waals surface area (Å²) in [5.41, 5.74) is 9.75. The zero-order valence-corrected chi connectivity index (χ0v) is 44.5. The molecule has 2 atom stereocenters. The predicted molar refractivity (Wildman–Crippen MR) is 307 cm³/mol. The smallest absolute Gasteiger partial charge is 0.356 e. The molecule has 0 unspecified atom stereocenters. The van der Waals surface area contributed by atoms with Crippen molar-refractivity contribution in [3.05, 3.63) is 284 Å². The molecule has 7 aromatic carbocycles. The number of fused-ring (bicyclic) bond motifs is 1. The van der Waals surface area contributed by atoms with E-state index in [0.29, 0.717) is 21.2 Å². The maximum Gasteiger partial charge on any atom is 0.356 e. The van der Waals surface area contributed by atoms with Gasteiger partial charge in [-0.3, -0.25) is 19.3 Å². The van der Waals surface area contributed by atoms with Gasteiger partial charge in [0.2, 0.25) is 12.5 Å². The standard InChI is InChI=1S/C62H50N6O8S3/c63-50(69)36-37-77-49-40-78-59-53(58(72)68(59)54(49)60(73)76-56(43-26-12-3-13-27-43)44-28-14-4-15-29-44)65-57(71)52(67-74-38-51(70)75-55(41-22-8-1-9-23-41)42-24-10-2-11-25-42)48-39-79-61(64-48)66-62(45-30-16-5-17-31-45,46-32-18-6-19-33-46)47-34-20-7-21-35-47/h1-37,39,53,55-56,59H,38,40H2,(H2,63,69)(H,64,66)(H,65,71)/b37-36-,67-52-/t53-,59-/m1/s1. The van der Waals surface area contributed by atoms with Crippen molar-refractivity contribution in [2.24, 2.45) is 10.9 Å². The number of rotatable bonds is 21. The summed E-state index contributed by atoms with van der Waals surface area (Å²) >= 11 is 3.58. The number of anilines is 1. The lowest BCUT2D eigenvalue weighted by atomic mass is 9.77. The third kappa shape index (κ3) is 12.1. The molecule has 1 saturated heterocycles. The first-order valence-electron chi connectivity index (χ1n) is 25.0. The van der Waals surface area contributed by atoms with Crippen molar-refractivity contribution < 1.29 is 38.3 Å². The van der Waals surface area contributed by atoms with Gasteiger partial charge < -0.3 is 30.7 Å². The molecule has 2 aliphatic rings. The van der Waals surface area contributed by atoms with E-state index in [0.717, 1.165) is 45.7 Å². The minimum Gasteiger partial charge on any atom is -0.450 e. The summed E-state index contributed by atoms with van der Waals surface area (Å²) in [7, 11) is 0. The van der Waals surface area contributed by atoms with Crippen molar-refractivity contribution in [1.29, 1.82) is 0 Å². The quantitative estimate of drug-likeness (QED) is 0.0154. The summed E-state index contributed by atoms with van der Waals surface area (Å²) in [6, 6.07) is 65.6. The number of primary amides is 1. The fourth-order valence-corrected chi connectivity index (χ4v) is 12.4. The summed E-state index contributed by atoms with van der Waals surface area (Å²) in [4.78, 5) is 81.8. The van der Waals surface area contributed by atoms with E-state index in [1.165, 1.54) is 33.4 Å². The Morgan fingerprint density at radius 3 is 1.61 bits per heavy atom. The van der Waals surface area contributed by atoms with Crippen molar-refractivity contribution in [2.45, 2.75) is 29.2 Å². The average Bonchev–Trinajstić information content (AvgIpc) is 4.12. The lowest BCUT2D eigenvalue weighted by Gasteiger charge is -2.49. The Kier molecular flexibility index (Phi) is 16.9. The molecule has 0 aliphatic carbocycles. The molecule has 0 saturated carbocycles. The van der Waals surface area contributed by atoms with Gasteiger partial charge in [-0.25, -0.2) is 14.6 Å². The van der Waals surface area contributed by atoms with Crippen LogP contribution in [0.15, 0.2) is 245 Å². The summed E-state index contributed by atoms with van der Waals surface area (Å²) in [6.45, 7) is -0.691. The van der Waals surface area contributed by atoms with Crippen LogP contribution < -0.4 is 16.4 Å². The Morgan fingerprint density at radius 1 is 0.684 bits per heavy atom. The van der Waals surface area contributed by atoms with E-state index in [4.69, 9.17) is 25.0 Å². The number of thiazole rings is 1. The van der Waals surface area contributed by atoms with E-state index >= 15 is 0 Å². The molecule has 17 heteroatoms. The number of β-lactam (4-membered cyclic amide) rings is 1. The van der Waals surface area contributed by atoms with Gasteiger partial charge in [-0.15, -0.1) is 23.1 Å². The van der Waals surface area contributed by atoms with Crippen LogP contribution in [0.5, 0.6) is 0 Å². The first-order chi connectivity index (χ1) is 38.7. The first kappa shape index (κ1) is 53.4. The number of esters is 2. The Labute approximate surface area is 468 Å². The van der Waals surface area contributed by atoms with Crippen molar-refractivity contribution in [3.8, 4) is 0 Å². The number of benzene rings is 7. The summed E-state index contributed by atoms with van der Waals surface area (Å²) < 4.78 is 12.3. The van der Waals surface area contributed by atoms with Crippen molar-refractivity contribution >= 4 is 75.4 Å². The van der Waals surface area contributed by atoms with Crippen LogP contribution in [0, 0.1) is 0 Å². The monoisotopic (exact) mass is 1100 g/mol. The minimum absolute atomic E-state index is 0.0378. The van der Waals surface area contributed by atoms with E-state index in [1.807, 2.05) is 212 Å². The van der Waals surface area contributed by atoms with Gasteiger partial charge in [0.1, 0.15) is 28.3 Å². The maximum atomic E-state index is 14.9. The predicted octanol–water partition coefficient (Wildman–Crippen LogP) is 10.3. The molecule has 1 aromatic heterocycles. The number of aromatic nitrogens is 1. The number of nitrogens with two attached hydrogens (primary N) is 1. The molecular weight excluding hydrogens is 1050 g/mol. The highest BCUT2D eigenvalue weighted by Gasteiger charge is 2.55. The van der Waals surface area contributed by atoms with Crippen LogP contribution >= 0.6 is 34.9 Å². The van der Waals surface area contributed by atoms with Crippen molar-refractivity contribution in [2.75, 3.05) is 17.7 Å². The van der Waals surface area contributed by atoms with Gasteiger partial charge in [-0.1, -0.05) is 229 Å². The Morgan fingerprint density at radius 2 is 1.14 bits per heavy atom. The number of amides is 3. The molecule has 1 fully saturated rings. The number of hydrogen-bond acceptors (Lipinski definition) is 14. The van der Waals surface area contributed by atoms with E-state index in [2.05, 4.69) is 15.8 Å². The molecule has 0 spiro atoms. The van der Waals surface area contributed by atoms with E-state index < -0.39 is 65.4 Å². The zero-order chi connectivity index (χ0) is 54.6. The number of hydrogen-bond donors (Lipinski definition) is 3. The Hall–Kier alpha value is -9.03. The van der Waals surface area contributed by atoms with Gasteiger partial charge >= 0.3 is 11.9 Å². The molecule has 14 nitrogen and oxygen atoms in total. The Balaban J connectivity index is 0.960. The van der Waals surface area contributed by atoms with Gasteiger partial charge in [0, 0.05) is 22.1 Å². The van der Waals surface area contributed by atoms with Crippen LogP contribution in [-0.4, -0.2) is 69.0 Å². The van der Waals surface area contributed by atoms with Gasteiger partial charge in [0.05, 0.1) is 0 Å². The highest BCUT2D eigenvalue weighted by Crippen LogP contribution is 2.45. The van der Waals surface area contributed by atoms with Gasteiger partial charge in [0.25, 0.3) is 11.8 Å². The number of ether oxygens (including phenoxy) is 2. The van der Waals surface area contributed by atoms with E-state index in [-0.39, 0.29) is 22.9 Å². The Bertz CT molecular complexity index is 3340. The van der Waals surface area contributed by atoms with Crippen LogP contribution in [0.4, 0.5) is 5.13 Å². The number of oxime groups is 1. The molecule has 8 aromatic rings. The third-order valence-corrected chi connectivity index (χ3v) is 16.1. The molecule has 4 N–H and O–H groups in total. The largest absolute Gasteiger partial charge is 0.450 e. The highest BCUT2D eigenvalue weighted by atomic mass is 32.2. The number of thioether (sulfide) groups is 2. The van der Waals surface area contributed by atoms with E-state index in [1.54, 1.807) is 5.38 Å². The van der Waals surface area contributed by atoms with Gasteiger partial charge in [-0.05, 0) is 44.4 Å². The molecule has 79 heavy (non-hydrogen) atoms. The van der Waals surface area contributed by atoms with Crippen LogP contribution in [0.25, 0.3) is 0 Å². The fraction of sp³-hybridized carbons (Fsp3) is 0.113. The fourth-order valence-electron chi connectivity index (χ4n) is 9.30. The highest BCUT2D eigenvalue weighted by molar-refractivity contribution is 8.08. The summed E-state index contributed by atoms with van der Waals surface area (Å²) in [5.74, 6) is -3.51. The molecule has 0 radical (unpaired) electrons. The molecule has 3 heterocycles. The molecule has 394 valence electrons. The van der Waals surface area contributed by atoms with Crippen LogP contribution in [0.2, 0.25) is 0 Å². The van der Waals surface area contributed by atoms with Crippen LogP contribution in [-0.2, 0) is 43.8 Å². The average molecular weight is 1100 g/mol. The number of nitrogens with zero attached hydrogens (tertiary/aromatic N) is 3. The number of carbonyl (C=O) groups excluding carboxylic acids is 5. The topological polar surface area (TPSA) is 192 Å². The second-order valence-electron chi connectivity index (χ2n) is 18.0. The van der Waals surface area contributed by atoms with E-state index in [9.17, 15) is 24.0 Å². The normalized spacial score (nSPS) is 15.3. The maximum absolute atomic E-state index is 14.9. The SMILES string of the molecule is NC(=O)/C=C\SC1=C(C(=O)OC(c2ccccc2)c2ccccc2)N2C(=O)[C@@H](NC(=O)/C(=N\OCC(=O)OC(c3ccccc3)c3ccccc3)c3csc(NC(c4ccccc4)(c4ccccc4)c4ccccc4)n3)[C@H]2SC1. The number of carbonyl (C=O) groups is 5.